The number of benzene rings is 2. The molecule has 0 radical (unpaired) electrons. The summed E-state index contributed by atoms with van der Waals surface area (Å²) in [5, 5.41) is 15.8. The minimum atomic E-state index is -1.28. The molecule has 3 N–H and O–H groups in total. The number of carbonyl (C=O) groups excluding carboxylic acids is 1. The molecule has 1 unspecified atom stereocenters. The second-order valence-electron chi connectivity index (χ2n) is 5.60. The molecule has 0 saturated carbocycles. The van der Waals surface area contributed by atoms with E-state index in [2.05, 4.69) is 10.6 Å². The average Bonchev–Trinajstić information content (AvgIpc) is 2.54. The van der Waals surface area contributed by atoms with Crippen LogP contribution in [-0.4, -0.2) is 17.7 Å². The monoisotopic (exact) mass is 316 g/mol. The zero-order valence-electron chi connectivity index (χ0n) is 13.3. The van der Waals surface area contributed by atoms with Crippen molar-refractivity contribution < 1.29 is 14.3 Å². The number of carbonyl (C=O) groups is 1. The molecule has 0 saturated heterocycles. The van der Waals surface area contributed by atoms with Crippen molar-refractivity contribution in [3.63, 3.8) is 0 Å². The molecule has 0 heterocycles. The zero-order chi connectivity index (χ0) is 16.9. The number of hydrogen-bond acceptors (Lipinski definition) is 2. The summed E-state index contributed by atoms with van der Waals surface area (Å²) in [4.78, 5) is 12.0. The summed E-state index contributed by atoms with van der Waals surface area (Å²) >= 11 is 0. The Morgan fingerprint density at radius 3 is 2.48 bits per heavy atom. The average molecular weight is 316 g/mol. The van der Waals surface area contributed by atoms with Gasteiger partial charge in [0.05, 0.1) is 6.54 Å². The number of rotatable bonds is 5. The Kier molecular flexibility index (Phi) is 5.34. The van der Waals surface area contributed by atoms with Gasteiger partial charge >= 0.3 is 6.03 Å². The number of aliphatic hydroxyl groups is 1. The van der Waals surface area contributed by atoms with E-state index in [1.165, 1.54) is 24.3 Å². The number of anilines is 1. The van der Waals surface area contributed by atoms with Crippen LogP contribution in [0, 0.1) is 5.82 Å². The van der Waals surface area contributed by atoms with E-state index in [4.69, 9.17) is 0 Å². The van der Waals surface area contributed by atoms with Crippen molar-refractivity contribution in [2.24, 2.45) is 0 Å². The Morgan fingerprint density at radius 1 is 1.17 bits per heavy atom. The molecule has 0 spiro atoms. The molecular weight excluding hydrogens is 295 g/mol. The number of para-hydroxylation sites is 1. The second kappa shape index (κ2) is 7.24. The number of urea groups is 1. The van der Waals surface area contributed by atoms with E-state index in [1.807, 2.05) is 31.2 Å². The third kappa shape index (κ3) is 4.53. The minimum absolute atomic E-state index is 0.0127. The lowest BCUT2D eigenvalue weighted by Gasteiger charge is -2.24. The van der Waals surface area contributed by atoms with E-state index in [0.29, 0.717) is 5.56 Å². The van der Waals surface area contributed by atoms with Crippen LogP contribution in [0.15, 0.2) is 48.5 Å². The quantitative estimate of drug-likeness (QED) is 0.791. The van der Waals surface area contributed by atoms with Gasteiger partial charge in [-0.2, -0.15) is 0 Å². The molecule has 0 aliphatic carbocycles. The van der Waals surface area contributed by atoms with Crippen LogP contribution in [0.4, 0.5) is 14.9 Å². The van der Waals surface area contributed by atoms with Crippen LogP contribution >= 0.6 is 0 Å². The highest BCUT2D eigenvalue weighted by Gasteiger charge is 2.23. The smallest absolute Gasteiger partial charge is 0.319 e. The Labute approximate surface area is 135 Å². The largest absolute Gasteiger partial charge is 0.384 e. The van der Waals surface area contributed by atoms with Gasteiger partial charge in [-0.3, -0.25) is 0 Å². The van der Waals surface area contributed by atoms with Crippen molar-refractivity contribution >= 4 is 11.7 Å². The van der Waals surface area contributed by atoms with E-state index in [1.54, 1.807) is 6.92 Å². The summed E-state index contributed by atoms with van der Waals surface area (Å²) in [6.07, 6.45) is 0.809. The zero-order valence-corrected chi connectivity index (χ0v) is 13.3. The van der Waals surface area contributed by atoms with Crippen LogP contribution < -0.4 is 10.6 Å². The van der Waals surface area contributed by atoms with Crippen molar-refractivity contribution in [3.05, 3.63) is 65.5 Å². The molecule has 23 heavy (non-hydrogen) atoms. The fourth-order valence-corrected chi connectivity index (χ4v) is 2.28. The fourth-order valence-electron chi connectivity index (χ4n) is 2.28. The molecule has 1 atom stereocenters. The van der Waals surface area contributed by atoms with E-state index in [0.717, 1.165) is 17.7 Å². The lowest BCUT2D eigenvalue weighted by Crippen LogP contribution is -2.40. The molecule has 0 aliphatic rings. The predicted molar refractivity (Wildman–Crippen MR) is 88.8 cm³/mol. The molecule has 0 aliphatic heterocycles. The Balaban J connectivity index is 1.96. The number of halogens is 1. The molecular formula is C18H21FN2O2. The normalized spacial score (nSPS) is 13.2. The van der Waals surface area contributed by atoms with Gasteiger partial charge in [-0.15, -0.1) is 0 Å². The lowest BCUT2D eigenvalue weighted by atomic mass is 9.96. The molecule has 0 fully saturated rings. The van der Waals surface area contributed by atoms with E-state index in [-0.39, 0.29) is 12.4 Å². The molecule has 2 amide bonds. The van der Waals surface area contributed by atoms with Gasteiger partial charge in [0.25, 0.3) is 0 Å². The number of hydrogen-bond donors (Lipinski definition) is 3. The van der Waals surface area contributed by atoms with Gasteiger partial charge in [-0.1, -0.05) is 37.3 Å². The summed E-state index contributed by atoms with van der Waals surface area (Å²) in [6, 6.07) is 12.7. The molecule has 2 aromatic carbocycles. The van der Waals surface area contributed by atoms with Crippen LogP contribution in [0.1, 0.15) is 25.0 Å². The Bertz CT molecular complexity index is 669. The number of amides is 2. The molecule has 0 aromatic heterocycles. The Hall–Kier alpha value is -2.40. The van der Waals surface area contributed by atoms with Crippen LogP contribution in [0.25, 0.3) is 0 Å². The molecule has 2 aromatic rings. The topological polar surface area (TPSA) is 61.4 Å². The third-order valence-corrected chi connectivity index (χ3v) is 3.71. The number of aryl methyl sites for hydroxylation is 1. The highest BCUT2D eigenvalue weighted by atomic mass is 19.1. The van der Waals surface area contributed by atoms with Crippen LogP contribution in [0.3, 0.4) is 0 Å². The summed E-state index contributed by atoms with van der Waals surface area (Å²) in [7, 11) is 0. The van der Waals surface area contributed by atoms with E-state index < -0.39 is 11.6 Å². The summed E-state index contributed by atoms with van der Waals surface area (Å²) in [6.45, 7) is 3.59. The highest BCUT2D eigenvalue weighted by molar-refractivity contribution is 5.90. The van der Waals surface area contributed by atoms with Gasteiger partial charge in [-0.05, 0) is 42.7 Å². The van der Waals surface area contributed by atoms with E-state index in [9.17, 15) is 14.3 Å². The summed E-state index contributed by atoms with van der Waals surface area (Å²) in [5.41, 5.74) is 1.03. The molecule has 2 rings (SSSR count). The molecule has 5 heteroatoms. The predicted octanol–water partition coefficient (Wildman–Crippen LogP) is 3.42. The second-order valence-corrected chi connectivity index (χ2v) is 5.60. The Morgan fingerprint density at radius 2 is 1.83 bits per heavy atom. The van der Waals surface area contributed by atoms with Crippen LogP contribution in [0.2, 0.25) is 0 Å². The fraction of sp³-hybridized carbons (Fsp3) is 0.278. The van der Waals surface area contributed by atoms with Gasteiger partial charge in [0, 0.05) is 5.69 Å². The lowest BCUT2D eigenvalue weighted by molar-refractivity contribution is 0.0599. The van der Waals surface area contributed by atoms with Crippen LogP contribution in [0.5, 0.6) is 0 Å². The van der Waals surface area contributed by atoms with Crippen molar-refractivity contribution in [2.75, 3.05) is 11.9 Å². The van der Waals surface area contributed by atoms with E-state index >= 15 is 0 Å². The SMILES string of the molecule is CCc1ccccc1NC(=O)NCC(C)(O)c1ccc(F)cc1. The van der Waals surface area contributed by atoms with Gasteiger partial charge in [0.15, 0.2) is 0 Å². The van der Waals surface area contributed by atoms with Gasteiger partial charge < -0.3 is 15.7 Å². The third-order valence-electron chi connectivity index (χ3n) is 3.71. The summed E-state index contributed by atoms with van der Waals surface area (Å²) in [5.74, 6) is -0.369. The number of nitrogens with one attached hydrogen (secondary N) is 2. The maximum absolute atomic E-state index is 12.9. The first-order chi connectivity index (χ1) is 10.9. The maximum atomic E-state index is 12.9. The van der Waals surface area contributed by atoms with Crippen LogP contribution in [-0.2, 0) is 12.0 Å². The van der Waals surface area contributed by atoms with Crippen molar-refractivity contribution in [2.45, 2.75) is 25.9 Å². The molecule has 122 valence electrons. The van der Waals surface area contributed by atoms with Crippen molar-refractivity contribution in [1.82, 2.24) is 5.32 Å². The van der Waals surface area contributed by atoms with Crippen molar-refractivity contribution in [3.8, 4) is 0 Å². The van der Waals surface area contributed by atoms with Gasteiger partial charge in [-0.25, -0.2) is 9.18 Å². The molecule has 0 bridgehead atoms. The van der Waals surface area contributed by atoms with Crippen molar-refractivity contribution in [1.29, 1.82) is 0 Å². The van der Waals surface area contributed by atoms with Gasteiger partial charge in [0.2, 0.25) is 0 Å². The maximum Gasteiger partial charge on any atom is 0.319 e. The minimum Gasteiger partial charge on any atom is -0.384 e. The van der Waals surface area contributed by atoms with Gasteiger partial charge in [0.1, 0.15) is 11.4 Å². The standard InChI is InChI=1S/C18H21FN2O2/c1-3-13-6-4-5-7-16(13)21-17(22)20-12-18(2,23)14-8-10-15(19)11-9-14/h4-11,23H,3,12H2,1-2H3,(H2,20,21,22). The summed E-state index contributed by atoms with van der Waals surface area (Å²) < 4.78 is 12.9. The first kappa shape index (κ1) is 17.0. The molecule has 4 nitrogen and oxygen atoms in total. The first-order valence-electron chi connectivity index (χ1n) is 7.53. The highest BCUT2D eigenvalue weighted by Crippen LogP contribution is 2.20. The first-order valence-corrected chi connectivity index (χ1v) is 7.53.